The molecule has 2 aromatic heterocycles. The first kappa shape index (κ1) is 10.5. The maximum atomic E-state index is 10.8. The van der Waals surface area contributed by atoms with Crippen molar-refractivity contribution in [2.24, 2.45) is 0 Å². The smallest absolute Gasteiger partial charge is 0.406 e. The number of ether oxygens (including phenoxy) is 1. The van der Waals surface area contributed by atoms with E-state index in [1.165, 1.54) is 7.11 Å². The third kappa shape index (κ3) is 2.13. The Kier molecular flexibility index (Phi) is 3.05. The number of nitrogens with zero attached hydrogens (tertiary/aromatic N) is 2. The van der Waals surface area contributed by atoms with E-state index in [1.807, 2.05) is 29.0 Å². The lowest BCUT2D eigenvalue weighted by Gasteiger charge is -2.06. The SMILES string of the molecule is COC(=O)NCCn1ccc2ncccc21. The number of amides is 1. The fourth-order valence-electron chi connectivity index (χ4n) is 1.57. The summed E-state index contributed by atoms with van der Waals surface area (Å²) in [7, 11) is 1.35. The first-order valence-corrected chi connectivity index (χ1v) is 5.03. The molecule has 0 aromatic carbocycles. The summed E-state index contributed by atoms with van der Waals surface area (Å²) in [6.07, 6.45) is 3.31. The lowest BCUT2D eigenvalue weighted by molar-refractivity contribution is 0.170. The fourth-order valence-corrected chi connectivity index (χ4v) is 1.57. The summed E-state index contributed by atoms with van der Waals surface area (Å²) in [5.74, 6) is 0. The van der Waals surface area contributed by atoms with E-state index in [9.17, 15) is 4.79 Å². The van der Waals surface area contributed by atoms with Gasteiger partial charge in [-0.2, -0.15) is 0 Å². The zero-order chi connectivity index (χ0) is 11.4. The highest BCUT2D eigenvalue weighted by atomic mass is 16.5. The van der Waals surface area contributed by atoms with Crippen LogP contribution in [-0.2, 0) is 11.3 Å². The monoisotopic (exact) mass is 219 g/mol. The van der Waals surface area contributed by atoms with E-state index in [1.54, 1.807) is 6.20 Å². The van der Waals surface area contributed by atoms with Gasteiger partial charge < -0.3 is 14.6 Å². The molecule has 16 heavy (non-hydrogen) atoms. The number of rotatable bonds is 3. The minimum atomic E-state index is -0.408. The first-order chi connectivity index (χ1) is 7.81. The Morgan fingerprint density at radius 2 is 2.44 bits per heavy atom. The predicted octanol–water partition coefficient (Wildman–Crippen LogP) is 1.39. The Morgan fingerprint density at radius 3 is 3.25 bits per heavy atom. The number of carbonyl (C=O) groups is 1. The van der Waals surface area contributed by atoms with Crippen LogP contribution in [0.1, 0.15) is 0 Å². The quantitative estimate of drug-likeness (QED) is 0.848. The summed E-state index contributed by atoms with van der Waals surface area (Å²) in [6, 6.07) is 5.85. The van der Waals surface area contributed by atoms with Crippen LogP contribution in [0.5, 0.6) is 0 Å². The summed E-state index contributed by atoms with van der Waals surface area (Å²) in [5.41, 5.74) is 2.02. The molecule has 0 bridgehead atoms. The molecule has 0 saturated heterocycles. The second-order valence-corrected chi connectivity index (χ2v) is 3.34. The Bertz CT molecular complexity index is 493. The molecule has 84 valence electrons. The molecular formula is C11H13N3O2. The minimum absolute atomic E-state index is 0.408. The van der Waals surface area contributed by atoms with E-state index < -0.39 is 6.09 Å². The predicted molar refractivity (Wildman–Crippen MR) is 60.1 cm³/mol. The highest BCUT2D eigenvalue weighted by Gasteiger charge is 2.01. The molecule has 0 aliphatic heterocycles. The molecule has 2 aromatic rings. The van der Waals surface area contributed by atoms with Crippen LogP contribution in [0.2, 0.25) is 0 Å². The van der Waals surface area contributed by atoms with E-state index in [0.29, 0.717) is 13.1 Å². The van der Waals surface area contributed by atoms with E-state index in [0.717, 1.165) is 11.0 Å². The molecule has 0 radical (unpaired) electrons. The molecule has 5 nitrogen and oxygen atoms in total. The van der Waals surface area contributed by atoms with Crippen LogP contribution in [0.3, 0.4) is 0 Å². The van der Waals surface area contributed by atoms with Gasteiger partial charge in [-0.3, -0.25) is 4.98 Å². The van der Waals surface area contributed by atoms with Crippen molar-refractivity contribution in [3.8, 4) is 0 Å². The highest BCUT2D eigenvalue weighted by molar-refractivity contribution is 5.75. The Labute approximate surface area is 93.0 Å². The summed E-state index contributed by atoms with van der Waals surface area (Å²) in [6.45, 7) is 1.23. The van der Waals surface area contributed by atoms with Crippen LogP contribution in [0.25, 0.3) is 11.0 Å². The Balaban J connectivity index is 2.02. The van der Waals surface area contributed by atoms with Gasteiger partial charge in [0, 0.05) is 25.5 Å². The molecule has 0 atom stereocenters. The molecular weight excluding hydrogens is 206 g/mol. The number of nitrogens with one attached hydrogen (secondary N) is 1. The number of methoxy groups -OCH3 is 1. The zero-order valence-corrected chi connectivity index (χ0v) is 9.01. The van der Waals surface area contributed by atoms with Crippen molar-refractivity contribution in [2.75, 3.05) is 13.7 Å². The van der Waals surface area contributed by atoms with E-state index in [2.05, 4.69) is 15.0 Å². The van der Waals surface area contributed by atoms with Crippen LogP contribution in [0, 0.1) is 0 Å². The summed E-state index contributed by atoms with van der Waals surface area (Å²) in [5, 5.41) is 2.63. The van der Waals surface area contributed by atoms with Gasteiger partial charge >= 0.3 is 6.09 Å². The summed E-state index contributed by atoms with van der Waals surface area (Å²) < 4.78 is 6.53. The van der Waals surface area contributed by atoms with Gasteiger partial charge in [0.2, 0.25) is 0 Å². The molecule has 0 fully saturated rings. The van der Waals surface area contributed by atoms with Crippen LogP contribution >= 0.6 is 0 Å². The zero-order valence-electron chi connectivity index (χ0n) is 9.01. The van der Waals surface area contributed by atoms with Gasteiger partial charge in [0.25, 0.3) is 0 Å². The number of pyridine rings is 1. The van der Waals surface area contributed by atoms with Crippen molar-refractivity contribution in [2.45, 2.75) is 6.54 Å². The standard InChI is InChI=1S/C11H13N3O2/c1-16-11(15)13-6-8-14-7-4-9-10(14)3-2-5-12-9/h2-5,7H,6,8H2,1H3,(H,13,15). The highest BCUT2D eigenvalue weighted by Crippen LogP contribution is 2.11. The van der Waals surface area contributed by atoms with Gasteiger partial charge in [-0.05, 0) is 18.2 Å². The van der Waals surface area contributed by atoms with E-state index >= 15 is 0 Å². The van der Waals surface area contributed by atoms with Crippen molar-refractivity contribution in [3.63, 3.8) is 0 Å². The number of hydrogen-bond acceptors (Lipinski definition) is 3. The van der Waals surface area contributed by atoms with Crippen LogP contribution in [0.4, 0.5) is 4.79 Å². The van der Waals surface area contributed by atoms with E-state index in [-0.39, 0.29) is 0 Å². The molecule has 1 amide bonds. The Hall–Kier alpha value is -2.04. The van der Waals surface area contributed by atoms with Crippen molar-refractivity contribution in [3.05, 3.63) is 30.6 Å². The average molecular weight is 219 g/mol. The van der Waals surface area contributed by atoms with Gasteiger partial charge in [0.15, 0.2) is 0 Å². The fraction of sp³-hybridized carbons (Fsp3) is 0.273. The van der Waals surface area contributed by atoms with Gasteiger partial charge in [-0.15, -0.1) is 0 Å². The molecule has 2 heterocycles. The van der Waals surface area contributed by atoms with Crippen molar-refractivity contribution in [1.29, 1.82) is 0 Å². The average Bonchev–Trinajstić information content (AvgIpc) is 2.73. The third-order valence-corrected chi connectivity index (χ3v) is 2.35. The molecule has 0 aliphatic carbocycles. The van der Waals surface area contributed by atoms with Gasteiger partial charge in [-0.25, -0.2) is 4.79 Å². The number of hydrogen-bond donors (Lipinski definition) is 1. The molecule has 2 rings (SSSR count). The molecule has 0 saturated carbocycles. The van der Waals surface area contributed by atoms with Gasteiger partial charge in [-0.1, -0.05) is 0 Å². The number of carbonyl (C=O) groups excluding carboxylic acids is 1. The first-order valence-electron chi connectivity index (χ1n) is 5.03. The number of fused-ring (bicyclic) bond motifs is 1. The van der Waals surface area contributed by atoms with Gasteiger partial charge in [0.05, 0.1) is 18.1 Å². The molecule has 0 spiro atoms. The Morgan fingerprint density at radius 1 is 1.56 bits per heavy atom. The van der Waals surface area contributed by atoms with E-state index in [4.69, 9.17) is 0 Å². The second-order valence-electron chi connectivity index (χ2n) is 3.34. The molecule has 0 unspecified atom stereocenters. The molecule has 1 N–H and O–H groups in total. The minimum Gasteiger partial charge on any atom is -0.453 e. The third-order valence-electron chi connectivity index (χ3n) is 2.35. The van der Waals surface area contributed by atoms with Crippen molar-refractivity contribution >= 4 is 17.1 Å². The second kappa shape index (κ2) is 4.65. The summed E-state index contributed by atoms with van der Waals surface area (Å²) in [4.78, 5) is 15.1. The largest absolute Gasteiger partial charge is 0.453 e. The van der Waals surface area contributed by atoms with Crippen molar-refractivity contribution in [1.82, 2.24) is 14.9 Å². The normalized spacial score (nSPS) is 10.3. The van der Waals surface area contributed by atoms with Crippen LogP contribution < -0.4 is 5.32 Å². The topological polar surface area (TPSA) is 56.1 Å². The van der Waals surface area contributed by atoms with Crippen LogP contribution in [0.15, 0.2) is 30.6 Å². The molecule has 0 aliphatic rings. The van der Waals surface area contributed by atoms with Crippen molar-refractivity contribution < 1.29 is 9.53 Å². The van der Waals surface area contributed by atoms with Crippen LogP contribution in [-0.4, -0.2) is 29.3 Å². The lowest BCUT2D eigenvalue weighted by Crippen LogP contribution is -2.26. The maximum absolute atomic E-state index is 10.8. The number of aromatic nitrogens is 2. The maximum Gasteiger partial charge on any atom is 0.406 e. The number of alkyl carbamates (subject to hydrolysis) is 1. The lowest BCUT2D eigenvalue weighted by atomic mass is 10.4. The summed E-state index contributed by atoms with van der Waals surface area (Å²) >= 11 is 0. The van der Waals surface area contributed by atoms with Gasteiger partial charge in [0.1, 0.15) is 0 Å². The molecule has 5 heteroatoms.